The van der Waals surface area contributed by atoms with Gasteiger partial charge in [0.05, 0.1) is 18.4 Å². The maximum atomic E-state index is 12.1. The van der Waals surface area contributed by atoms with Gasteiger partial charge in [0.15, 0.2) is 5.69 Å². The monoisotopic (exact) mass is 277 g/mol. The maximum Gasteiger partial charge on any atom is 0.358 e. The van der Waals surface area contributed by atoms with E-state index in [2.05, 4.69) is 15.5 Å². The molecule has 9 heteroatoms. The Kier molecular flexibility index (Phi) is 2.74. The van der Waals surface area contributed by atoms with Crippen LogP contribution in [0.2, 0.25) is 0 Å². The van der Waals surface area contributed by atoms with E-state index in [1.165, 1.54) is 17.1 Å². The fourth-order valence-electron chi connectivity index (χ4n) is 2.02. The van der Waals surface area contributed by atoms with Crippen molar-refractivity contribution >= 4 is 11.9 Å². The van der Waals surface area contributed by atoms with E-state index in [-0.39, 0.29) is 17.6 Å². The number of carbonyl (C=O) groups excluding carboxylic acids is 1. The van der Waals surface area contributed by atoms with Crippen LogP contribution in [0.5, 0.6) is 0 Å². The normalized spacial score (nSPS) is 15.2. The van der Waals surface area contributed by atoms with Crippen molar-refractivity contribution in [2.45, 2.75) is 13.0 Å². The number of aromatic nitrogens is 4. The molecule has 2 aromatic rings. The molecule has 1 fully saturated rings. The fraction of sp³-hybridized carbons (Fsp3) is 0.364. The van der Waals surface area contributed by atoms with Crippen molar-refractivity contribution in [2.24, 2.45) is 0 Å². The largest absolute Gasteiger partial charge is 0.476 e. The second-order valence-electron chi connectivity index (χ2n) is 4.55. The quantitative estimate of drug-likeness (QED) is 0.837. The van der Waals surface area contributed by atoms with E-state index in [1.807, 2.05) is 0 Å². The van der Waals surface area contributed by atoms with E-state index in [4.69, 9.17) is 9.63 Å². The first-order valence-corrected chi connectivity index (χ1v) is 5.92. The third-order valence-electron chi connectivity index (χ3n) is 3.23. The van der Waals surface area contributed by atoms with Gasteiger partial charge < -0.3 is 14.5 Å². The number of likely N-dealkylation sites (tertiary alicyclic amines) is 1. The van der Waals surface area contributed by atoms with Crippen molar-refractivity contribution in [1.29, 1.82) is 0 Å². The van der Waals surface area contributed by atoms with Gasteiger partial charge in [-0.05, 0) is 6.92 Å². The van der Waals surface area contributed by atoms with E-state index < -0.39 is 5.97 Å². The molecule has 9 nitrogen and oxygen atoms in total. The first-order valence-electron chi connectivity index (χ1n) is 5.92. The number of amides is 1. The van der Waals surface area contributed by atoms with Crippen LogP contribution in [0.15, 0.2) is 16.9 Å². The Bertz CT molecular complexity index is 670. The van der Waals surface area contributed by atoms with Gasteiger partial charge in [-0.2, -0.15) is 0 Å². The summed E-state index contributed by atoms with van der Waals surface area (Å²) in [7, 11) is 0. The molecular weight excluding hydrogens is 266 g/mol. The van der Waals surface area contributed by atoms with Gasteiger partial charge in [0.2, 0.25) is 0 Å². The van der Waals surface area contributed by atoms with Crippen molar-refractivity contribution < 1.29 is 19.2 Å². The molecule has 0 aromatic carbocycles. The lowest BCUT2D eigenvalue weighted by atomic mass is 10.1. The molecule has 1 N–H and O–H groups in total. The number of nitrogens with zero attached hydrogens (tertiary/aromatic N) is 5. The Labute approximate surface area is 112 Å². The van der Waals surface area contributed by atoms with Gasteiger partial charge in [-0.25, -0.2) is 9.48 Å². The van der Waals surface area contributed by atoms with Crippen LogP contribution in [0.3, 0.4) is 0 Å². The first kappa shape index (κ1) is 12.3. The number of rotatable bonds is 3. The Morgan fingerprint density at radius 3 is 2.75 bits per heavy atom. The molecule has 3 heterocycles. The number of carbonyl (C=O) groups is 2. The SMILES string of the molecule is Cc1oncc1C(=O)N1CC(n2cc(C(=O)O)nn2)C1. The highest BCUT2D eigenvalue weighted by Gasteiger charge is 2.34. The second-order valence-corrected chi connectivity index (χ2v) is 4.55. The zero-order chi connectivity index (χ0) is 14.3. The molecule has 0 radical (unpaired) electrons. The summed E-state index contributed by atoms with van der Waals surface area (Å²) in [5.41, 5.74) is 0.331. The van der Waals surface area contributed by atoms with Crippen molar-refractivity contribution in [2.75, 3.05) is 13.1 Å². The standard InChI is InChI=1S/C11H11N5O4/c1-6-8(2-12-20-6)10(17)15-3-7(4-15)16-5-9(11(18)19)13-14-16/h2,5,7H,3-4H2,1H3,(H,18,19). The number of carboxylic acids is 1. The minimum Gasteiger partial charge on any atom is -0.476 e. The van der Waals surface area contributed by atoms with Gasteiger partial charge in [-0.15, -0.1) is 5.10 Å². The van der Waals surface area contributed by atoms with Gasteiger partial charge in [-0.1, -0.05) is 10.4 Å². The Morgan fingerprint density at radius 1 is 1.45 bits per heavy atom. The fourth-order valence-corrected chi connectivity index (χ4v) is 2.02. The summed E-state index contributed by atoms with van der Waals surface area (Å²) < 4.78 is 6.32. The zero-order valence-corrected chi connectivity index (χ0v) is 10.6. The van der Waals surface area contributed by atoms with E-state index in [0.29, 0.717) is 24.4 Å². The van der Waals surface area contributed by atoms with E-state index in [9.17, 15) is 9.59 Å². The topological polar surface area (TPSA) is 114 Å². The van der Waals surface area contributed by atoms with E-state index >= 15 is 0 Å². The molecule has 1 saturated heterocycles. The number of aromatic carboxylic acids is 1. The summed E-state index contributed by atoms with van der Waals surface area (Å²) in [5.74, 6) is -0.797. The van der Waals surface area contributed by atoms with Gasteiger partial charge in [0.1, 0.15) is 11.3 Å². The predicted octanol–water partition coefficient (Wildman–Crippen LogP) is -0.0302. The summed E-state index contributed by atoms with van der Waals surface area (Å²) in [6.07, 6.45) is 2.75. The molecule has 0 bridgehead atoms. The molecule has 0 saturated carbocycles. The Hall–Kier alpha value is -2.71. The van der Waals surface area contributed by atoms with Crippen LogP contribution in [-0.4, -0.2) is 55.1 Å². The van der Waals surface area contributed by atoms with Crippen LogP contribution in [-0.2, 0) is 0 Å². The summed E-state index contributed by atoms with van der Waals surface area (Å²) in [5, 5.41) is 19.6. The lowest BCUT2D eigenvalue weighted by Crippen LogP contribution is -2.51. The molecular formula is C11H11N5O4. The molecule has 0 spiro atoms. The molecule has 20 heavy (non-hydrogen) atoms. The average molecular weight is 277 g/mol. The molecule has 104 valence electrons. The second kappa shape index (κ2) is 4.44. The summed E-state index contributed by atoms with van der Waals surface area (Å²) in [6.45, 7) is 2.58. The zero-order valence-electron chi connectivity index (χ0n) is 10.6. The van der Waals surface area contributed by atoms with Crippen molar-refractivity contribution in [3.63, 3.8) is 0 Å². The highest BCUT2D eigenvalue weighted by molar-refractivity contribution is 5.95. The minimum absolute atomic E-state index is 0.0558. The lowest BCUT2D eigenvalue weighted by molar-refractivity contribution is 0.0495. The number of hydrogen-bond donors (Lipinski definition) is 1. The molecule has 1 amide bonds. The van der Waals surface area contributed by atoms with Crippen LogP contribution in [0.25, 0.3) is 0 Å². The summed E-state index contributed by atoms with van der Waals surface area (Å²) in [6, 6.07) is -0.0558. The van der Waals surface area contributed by atoms with Crippen LogP contribution in [0, 0.1) is 6.92 Å². The summed E-state index contributed by atoms with van der Waals surface area (Å²) in [4.78, 5) is 24.4. The maximum absolute atomic E-state index is 12.1. The average Bonchev–Trinajstić information content (AvgIpc) is 2.95. The van der Waals surface area contributed by atoms with E-state index in [0.717, 1.165) is 0 Å². The molecule has 3 rings (SSSR count). The first-order chi connectivity index (χ1) is 9.56. The number of aryl methyl sites for hydroxylation is 1. The highest BCUT2D eigenvalue weighted by atomic mass is 16.5. The molecule has 1 aliphatic rings. The van der Waals surface area contributed by atoms with E-state index in [1.54, 1.807) is 11.8 Å². The Morgan fingerprint density at radius 2 is 2.20 bits per heavy atom. The van der Waals surface area contributed by atoms with Crippen LogP contribution in [0.1, 0.15) is 32.6 Å². The highest BCUT2D eigenvalue weighted by Crippen LogP contribution is 2.23. The number of hydrogen-bond acceptors (Lipinski definition) is 6. The van der Waals surface area contributed by atoms with Gasteiger partial charge >= 0.3 is 5.97 Å². The Balaban J connectivity index is 1.65. The predicted molar refractivity (Wildman–Crippen MR) is 63.2 cm³/mol. The summed E-state index contributed by atoms with van der Waals surface area (Å²) >= 11 is 0. The van der Waals surface area contributed by atoms with Crippen LogP contribution >= 0.6 is 0 Å². The van der Waals surface area contributed by atoms with Crippen molar-refractivity contribution in [3.05, 3.63) is 29.4 Å². The third-order valence-corrected chi connectivity index (χ3v) is 3.23. The molecule has 0 aliphatic carbocycles. The van der Waals surface area contributed by atoms with Gasteiger partial charge in [0.25, 0.3) is 5.91 Å². The minimum atomic E-state index is -1.12. The van der Waals surface area contributed by atoms with Crippen molar-refractivity contribution in [1.82, 2.24) is 25.1 Å². The molecule has 2 aromatic heterocycles. The van der Waals surface area contributed by atoms with Gasteiger partial charge in [0, 0.05) is 13.1 Å². The molecule has 1 aliphatic heterocycles. The van der Waals surface area contributed by atoms with Crippen LogP contribution < -0.4 is 0 Å². The number of carboxylic acid groups (broad SMARTS) is 1. The lowest BCUT2D eigenvalue weighted by Gasteiger charge is -2.38. The molecule has 0 atom stereocenters. The van der Waals surface area contributed by atoms with Crippen LogP contribution in [0.4, 0.5) is 0 Å². The van der Waals surface area contributed by atoms with Crippen molar-refractivity contribution in [3.8, 4) is 0 Å². The van der Waals surface area contributed by atoms with Gasteiger partial charge in [-0.3, -0.25) is 4.79 Å². The smallest absolute Gasteiger partial charge is 0.358 e. The third kappa shape index (κ3) is 1.92. The molecule has 0 unspecified atom stereocenters.